The molecule has 6 nitrogen and oxygen atoms in total. The first-order valence-electron chi connectivity index (χ1n) is 9.56. The van der Waals surface area contributed by atoms with Crippen LogP contribution in [0.2, 0.25) is 0 Å². The third-order valence-electron chi connectivity index (χ3n) is 3.94. The molecule has 31 heavy (non-hydrogen) atoms. The van der Waals surface area contributed by atoms with Gasteiger partial charge in [-0.2, -0.15) is 0 Å². The summed E-state index contributed by atoms with van der Waals surface area (Å²) in [4.78, 5) is 0. The molecule has 0 unspecified atom stereocenters. The van der Waals surface area contributed by atoms with E-state index in [1.165, 1.54) is 0 Å². The maximum atomic E-state index is 14.8. The van der Waals surface area contributed by atoms with Gasteiger partial charge in [-0.25, -0.2) is 8.78 Å². The van der Waals surface area contributed by atoms with E-state index in [1.54, 1.807) is 13.8 Å². The van der Waals surface area contributed by atoms with Crippen LogP contribution in [0.1, 0.15) is 19.4 Å². The second-order valence-electron chi connectivity index (χ2n) is 6.20. The zero-order chi connectivity index (χ0) is 22.9. The smallest absolute Gasteiger partial charge is 0.367 e. The van der Waals surface area contributed by atoms with Gasteiger partial charge in [0.1, 0.15) is 5.82 Å². The van der Waals surface area contributed by atoms with Crippen LogP contribution in [-0.2, 0) is 20.0 Å². The van der Waals surface area contributed by atoms with Crippen molar-refractivity contribution in [3.63, 3.8) is 0 Å². The van der Waals surface area contributed by atoms with Crippen molar-refractivity contribution < 1.29 is 27.1 Å². The highest BCUT2D eigenvalue weighted by molar-refractivity contribution is 9.10. The Labute approximate surface area is 194 Å². The van der Waals surface area contributed by atoms with E-state index in [0.29, 0.717) is 5.11 Å². The zero-order valence-electron chi connectivity index (χ0n) is 17.1. The first-order valence-corrected chi connectivity index (χ1v) is 12.5. The van der Waals surface area contributed by atoms with Gasteiger partial charge in [0, 0.05) is 22.3 Å². The number of hydrogen-bond donors (Lipinski definition) is 2. The minimum atomic E-state index is -3.53. The number of halogens is 3. The average molecular weight is 537 g/mol. The fourth-order valence-electron chi connectivity index (χ4n) is 2.58. The summed E-state index contributed by atoms with van der Waals surface area (Å²) < 4.78 is 57.9. The maximum Gasteiger partial charge on any atom is 0.367 e. The summed E-state index contributed by atoms with van der Waals surface area (Å²) in [5, 5.41) is 6.22. The maximum absolute atomic E-state index is 14.8. The Bertz CT molecular complexity index is 924. The number of rotatable bonds is 11. The van der Waals surface area contributed by atoms with Gasteiger partial charge in [0.25, 0.3) is 0 Å². The molecule has 11 heteroatoms. The molecule has 0 heterocycles. The van der Waals surface area contributed by atoms with Crippen LogP contribution in [0.4, 0.5) is 14.5 Å². The Morgan fingerprint density at radius 3 is 2.35 bits per heavy atom. The molecular formula is C20H24BrF2N2O4PS. The third-order valence-corrected chi connectivity index (χ3v) is 6.47. The quantitative estimate of drug-likeness (QED) is 0.275. The molecule has 0 bridgehead atoms. The standard InChI is InChI=1S/C20H24BrF2N2O4PS/c1-3-28-30(26,29-4-2)13-27-18-10-9-17(22)16(19(18)23)11-12-24-20(31)25-15-7-5-14(21)6-8-15/h5-10H,3-4,11-13H2,1-2H3,(H2,24,25,31). The summed E-state index contributed by atoms with van der Waals surface area (Å²) in [5.74, 6) is -1.81. The van der Waals surface area contributed by atoms with E-state index in [4.69, 9.17) is 26.0 Å². The molecule has 0 aliphatic carbocycles. The molecule has 0 aromatic heterocycles. The van der Waals surface area contributed by atoms with Gasteiger partial charge < -0.3 is 24.4 Å². The van der Waals surface area contributed by atoms with Gasteiger partial charge in [-0.1, -0.05) is 15.9 Å². The lowest BCUT2D eigenvalue weighted by molar-refractivity contribution is 0.195. The van der Waals surface area contributed by atoms with E-state index in [1.807, 2.05) is 24.3 Å². The average Bonchev–Trinajstić information content (AvgIpc) is 2.72. The third kappa shape index (κ3) is 8.12. The van der Waals surface area contributed by atoms with Crippen LogP contribution in [-0.4, -0.2) is 31.2 Å². The minimum absolute atomic E-state index is 0.0194. The van der Waals surface area contributed by atoms with Crippen LogP contribution in [0.25, 0.3) is 0 Å². The number of nitrogens with one attached hydrogen (secondary N) is 2. The monoisotopic (exact) mass is 536 g/mol. The summed E-state index contributed by atoms with van der Waals surface area (Å²) in [7, 11) is -3.53. The number of thiocarbonyl (C=S) groups is 1. The van der Waals surface area contributed by atoms with Gasteiger partial charge in [-0.05, 0) is 68.9 Å². The van der Waals surface area contributed by atoms with Crippen molar-refractivity contribution in [3.8, 4) is 5.75 Å². The lowest BCUT2D eigenvalue weighted by Crippen LogP contribution is -2.30. The van der Waals surface area contributed by atoms with Crippen molar-refractivity contribution in [3.05, 3.63) is 58.1 Å². The van der Waals surface area contributed by atoms with E-state index in [-0.39, 0.29) is 37.5 Å². The van der Waals surface area contributed by atoms with Gasteiger partial charge >= 0.3 is 7.60 Å². The molecule has 2 aromatic rings. The molecule has 0 saturated carbocycles. The van der Waals surface area contributed by atoms with Crippen molar-refractivity contribution >= 4 is 46.5 Å². The minimum Gasteiger partial charge on any atom is -0.478 e. The first kappa shape index (κ1) is 25.7. The number of hydrogen-bond acceptors (Lipinski definition) is 5. The molecule has 0 aliphatic rings. The number of benzene rings is 2. The molecule has 0 fully saturated rings. The molecule has 0 aliphatic heterocycles. The van der Waals surface area contributed by atoms with E-state index in [2.05, 4.69) is 26.6 Å². The normalized spacial score (nSPS) is 11.3. The summed E-state index contributed by atoms with van der Waals surface area (Å²) >= 11 is 8.55. The molecule has 0 spiro atoms. The van der Waals surface area contributed by atoms with Crippen LogP contribution in [0, 0.1) is 11.6 Å². The SMILES string of the molecule is CCOP(=O)(COc1ccc(F)c(CCNC(=S)Nc2ccc(Br)cc2)c1F)OCC. The Balaban J connectivity index is 1.96. The van der Waals surface area contributed by atoms with E-state index >= 15 is 0 Å². The van der Waals surface area contributed by atoms with Crippen LogP contribution in [0.15, 0.2) is 40.9 Å². The van der Waals surface area contributed by atoms with Crippen molar-refractivity contribution in [2.24, 2.45) is 0 Å². The highest BCUT2D eigenvalue weighted by Crippen LogP contribution is 2.48. The van der Waals surface area contributed by atoms with Crippen LogP contribution in [0.5, 0.6) is 5.75 Å². The Hall–Kier alpha value is -1.58. The highest BCUT2D eigenvalue weighted by Gasteiger charge is 2.26. The molecular weight excluding hydrogens is 513 g/mol. The topological polar surface area (TPSA) is 68.8 Å². The van der Waals surface area contributed by atoms with Gasteiger partial charge in [-0.15, -0.1) is 0 Å². The van der Waals surface area contributed by atoms with Gasteiger partial charge in [0.15, 0.2) is 23.0 Å². The molecule has 2 rings (SSSR count). The number of ether oxygens (including phenoxy) is 1. The lowest BCUT2D eigenvalue weighted by Gasteiger charge is -2.18. The van der Waals surface area contributed by atoms with Crippen LogP contribution in [0.3, 0.4) is 0 Å². The summed E-state index contributed by atoms with van der Waals surface area (Å²) in [6.45, 7) is 3.81. The van der Waals surface area contributed by atoms with Crippen molar-refractivity contribution in [1.29, 1.82) is 0 Å². The predicted octanol–water partition coefficient (Wildman–Crippen LogP) is 5.86. The summed E-state index contributed by atoms with van der Waals surface area (Å²) in [6.07, 6.45) is -0.457. The fourth-order valence-corrected chi connectivity index (χ4v) is 4.37. The zero-order valence-corrected chi connectivity index (χ0v) is 20.4. The largest absolute Gasteiger partial charge is 0.478 e. The summed E-state index contributed by atoms with van der Waals surface area (Å²) in [5.41, 5.74) is 0.612. The molecule has 0 amide bonds. The summed E-state index contributed by atoms with van der Waals surface area (Å²) in [6, 6.07) is 9.62. The predicted molar refractivity (Wildman–Crippen MR) is 125 cm³/mol. The second kappa shape index (κ2) is 12.5. The molecule has 170 valence electrons. The van der Waals surface area contributed by atoms with Crippen LogP contribution >= 0.6 is 35.7 Å². The fraction of sp³-hybridized carbons (Fsp3) is 0.350. The van der Waals surface area contributed by atoms with E-state index in [0.717, 1.165) is 22.3 Å². The van der Waals surface area contributed by atoms with E-state index in [9.17, 15) is 13.3 Å². The van der Waals surface area contributed by atoms with Crippen molar-refractivity contribution in [2.75, 3.05) is 31.4 Å². The second-order valence-corrected chi connectivity index (χ2v) is 9.52. The van der Waals surface area contributed by atoms with E-state index < -0.39 is 25.6 Å². The first-order chi connectivity index (χ1) is 14.8. The number of anilines is 1. The van der Waals surface area contributed by atoms with Gasteiger partial charge in [-0.3, -0.25) is 4.57 Å². The van der Waals surface area contributed by atoms with Crippen molar-refractivity contribution in [2.45, 2.75) is 20.3 Å². The highest BCUT2D eigenvalue weighted by atomic mass is 79.9. The van der Waals surface area contributed by atoms with Gasteiger partial charge in [0.2, 0.25) is 0 Å². The molecule has 2 aromatic carbocycles. The Morgan fingerprint density at radius 2 is 1.74 bits per heavy atom. The Kier molecular flexibility index (Phi) is 10.3. The lowest BCUT2D eigenvalue weighted by atomic mass is 10.1. The Morgan fingerprint density at radius 1 is 1.10 bits per heavy atom. The van der Waals surface area contributed by atoms with Gasteiger partial charge in [0.05, 0.1) is 13.2 Å². The molecule has 0 saturated heterocycles. The molecule has 0 radical (unpaired) electrons. The van der Waals surface area contributed by atoms with Crippen LogP contribution < -0.4 is 15.4 Å². The molecule has 0 atom stereocenters. The van der Waals surface area contributed by atoms with Crippen molar-refractivity contribution in [1.82, 2.24) is 5.32 Å². The molecule has 2 N–H and O–H groups in total.